The van der Waals surface area contributed by atoms with E-state index in [1.807, 2.05) is 0 Å². The van der Waals surface area contributed by atoms with Crippen LogP contribution >= 0.6 is 8.60 Å². The lowest BCUT2D eigenvalue weighted by molar-refractivity contribution is -0.133. The second kappa shape index (κ2) is 5.46. The normalized spacial score (nSPS) is 8.83. The van der Waals surface area contributed by atoms with Crippen LogP contribution in [-0.2, 0) is 18.6 Å². The lowest BCUT2D eigenvalue weighted by Gasteiger charge is -2.05. The molecule has 1 N–H and O–H groups in total. The molecule has 0 aromatic carbocycles. The Morgan fingerprint density at radius 2 is 1.50 bits per heavy atom. The number of hydrogen-bond acceptors (Lipinski definition) is 5. The Hall–Kier alpha value is -1.19. The predicted octanol–water partition coefficient (Wildman–Crippen LogP) is 0.664. The van der Waals surface area contributed by atoms with Gasteiger partial charge in [-0.05, 0) is 0 Å². The molecule has 66 valence electrons. The van der Waals surface area contributed by atoms with Crippen LogP contribution in [0.1, 0.15) is 0 Å². The first-order valence-corrected chi connectivity index (χ1v) is 3.91. The number of rotatable bonds is 4. The van der Waals surface area contributed by atoms with Gasteiger partial charge in [0.05, 0.1) is 0 Å². The fourth-order valence-electron chi connectivity index (χ4n) is 0.247. The van der Waals surface area contributed by atoms with Crippen molar-refractivity contribution in [3.63, 3.8) is 0 Å². The van der Waals surface area contributed by atoms with Crippen LogP contribution < -0.4 is 0 Å². The van der Waals surface area contributed by atoms with Crippen molar-refractivity contribution in [1.29, 1.82) is 0 Å². The molecule has 0 heterocycles. The minimum atomic E-state index is -2.51. The third-order valence-corrected chi connectivity index (χ3v) is 1.34. The van der Waals surface area contributed by atoms with Gasteiger partial charge in [-0.25, -0.2) is 9.59 Å². The Morgan fingerprint density at radius 1 is 1.17 bits per heavy atom. The van der Waals surface area contributed by atoms with Crippen molar-refractivity contribution < 1.29 is 23.5 Å². The van der Waals surface area contributed by atoms with Gasteiger partial charge in [0.25, 0.3) is 0 Å². The van der Waals surface area contributed by atoms with Gasteiger partial charge in [-0.2, -0.15) is 0 Å². The SMILES string of the molecule is C=CC(=O)OP(O)OC(=O)C=C. The topological polar surface area (TPSA) is 72.8 Å². The molecular formula is C6H7O5P. The fraction of sp³-hybridized carbons (Fsp3) is 0. The number of carbonyl (C=O) groups is 2. The quantitative estimate of drug-likeness (QED) is 0.520. The Labute approximate surface area is 70.3 Å². The Balaban J connectivity index is 3.80. The summed E-state index contributed by atoms with van der Waals surface area (Å²) in [4.78, 5) is 29.5. The van der Waals surface area contributed by atoms with Crippen LogP contribution in [0.4, 0.5) is 0 Å². The van der Waals surface area contributed by atoms with E-state index in [0.717, 1.165) is 12.2 Å². The summed E-state index contributed by atoms with van der Waals surface area (Å²) in [7, 11) is -2.51. The summed E-state index contributed by atoms with van der Waals surface area (Å²) in [6.45, 7) is 6.15. The van der Waals surface area contributed by atoms with Gasteiger partial charge in [0.15, 0.2) is 0 Å². The first-order chi connectivity index (χ1) is 5.60. The van der Waals surface area contributed by atoms with Crippen LogP contribution in [-0.4, -0.2) is 16.8 Å². The van der Waals surface area contributed by atoms with Crippen molar-refractivity contribution in [3.05, 3.63) is 25.3 Å². The predicted molar refractivity (Wildman–Crippen MR) is 41.7 cm³/mol. The lowest BCUT2D eigenvalue weighted by atomic mass is 10.7. The highest BCUT2D eigenvalue weighted by molar-refractivity contribution is 7.41. The van der Waals surface area contributed by atoms with Crippen molar-refractivity contribution in [1.82, 2.24) is 0 Å². The number of carbonyl (C=O) groups excluding carboxylic acids is 2. The molecule has 0 radical (unpaired) electrons. The molecular weight excluding hydrogens is 183 g/mol. The van der Waals surface area contributed by atoms with E-state index >= 15 is 0 Å². The Bertz CT molecular complexity index is 190. The molecule has 0 amide bonds. The van der Waals surface area contributed by atoms with E-state index in [1.165, 1.54) is 0 Å². The minimum absolute atomic E-state index is 0.841. The van der Waals surface area contributed by atoms with Crippen LogP contribution in [0.3, 0.4) is 0 Å². The summed E-state index contributed by atoms with van der Waals surface area (Å²) in [5, 5.41) is 0. The molecule has 0 fully saturated rings. The highest BCUT2D eigenvalue weighted by atomic mass is 31.2. The van der Waals surface area contributed by atoms with E-state index in [2.05, 4.69) is 22.2 Å². The van der Waals surface area contributed by atoms with Crippen LogP contribution in [0.2, 0.25) is 0 Å². The molecule has 12 heavy (non-hydrogen) atoms. The average molecular weight is 190 g/mol. The van der Waals surface area contributed by atoms with Gasteiger partial charge < -0.3 is 13.9 Å². The van der Waals surface area contributed by atoms with Crippen LogP contribution in [0.15, 0.2) is 25.3 Å². The van der Waals surface area contributed by atoms with E-state index in [1.54, 1.807) is 0 Å². The zero-order chi connectivity index (χ0) is 9.56. The van der Waals surface area contributed by atoms with E-state index < -0.39 is 20.5 Å². The molecule has 0 atom stereocenters. The summed E-state index contributed by atoms with van der Waals surface area (Å²) >= 11 is 0. The zero-order valence-corrected chi connectivity index (χ0v) is 6.99. The molecule has 0 bridgehead atoms. The fourth-order valence-corrected chi connectivity index (χ4v) is 0.741. The average Bonchev–Trinajstić information content (AvgIpc) is 2.03. The maximum absolute atomic E-state index is 10.4. The smallest absolute Gasteiger partial charge is 0.382 e. The van der Waals surface area contributed by atoms with E-state index in [0.29, 0.717) is 0 Å². The molecule has 0 aromatic heterocycles. The van der Waals surface area contributed by atoms with Gasteiger partial charge in [-0.3, -0.25) is 0 Å². The highest BCUT2D eigenvalue weighted by Gasteiger charge is 2.14. The third kappa shape index (κ3) is 4.60. The molecule has 0 rings (SSSR count). The second-order valence-electron chi connectivity index (χ2n) is 1.47. The molecule has 6 heteroatoms. The van der Waals surface area contributed by atoms with Gasteiger partial charge in [0.2, 0.25) is 0 Å². The second-order valence-corrected chi connectivity index (χ2v) is 2.31. The molecule has 0 aromatic rings. The van der Waals surface area contributed by atoms with Gasteiger partial charge in [-0.15, -0.1) is 0 Å². The van der Waals surface area contributed by atoms with E-state index in [9.17, 15) is 9.59 Å². The Kier molecular flexibility index (Phi) is 4.92. The first-order valence-electron chi connectivity index (χ1n) is 2.78. The zero-order valence-electron chi connectivity index (χ0n) is 6.10. The van der Waals surface area contributed by atoms with Crippen molar-refractivity contribution in [2.24, 2.45) is 0 Å². The molecule has 0 aliphatic rings. The maximum Gasteiger partial charge on any atom is 0.465 e. The summed E-state index contributed by atoms with van der Waals surface area (Å²) in [5.74, 6) is -1.72. The minimum Gasteiger partial charge on any atom is -0.382 e. The number of hydrogen-bond donors (Lipinski definition) is 1. The summed E-state index contributed by atoms with van der Waals surface area (Å²) < 4.78 is 8.29. The summed E-state index contributed by atoms with van der Waals surface area (Å²) in [5.41, 5.74) is 0. The standard InChI is InChI=1S/C6H7O5P/c1-3-5(7)10-12(9)11-6(8)4-2/h3-4,9H,1-2H2. The van der Waals surface area contributed by atoms with Crippen molar-refractivity contribution >= 4 is 20.5 Å². The van der Waals surface area contributed by atoms with Gasteiger partial charge in [-0.1, -0.05) is 13.2 Å². The van der Waals surface area contributed by atoms with Crippen molar-refractivity contribution in [2.75, 3.05) is 0 Å². The molecule has 0 aliphatic carbocycles. The molecule has 0 unspecified atom stereocenters. The molecule has 0 saturated heterocycles. The van der Waals surface area contributed by atoms with Crippen LogP contribution in [0, 0.1) is 0 Å². The molecule has 0 aliphatic heterocycles. The highest BCUT2D eigenvalue weighted by Crippen LogP contribution is 2.32. The van der Waals surface area contributed by atoms with Crippen molar-refractivity contribution in [2.45, 2.75) is 0 Å². The molecule has 5 nitrogen and oxygen atoms in total. The first kappa shape index (κ1) is 10.8. The van der Waals surface area contributed by atoms with Gasteiger partial charge in [0.1, 0.15) is 0 Å². The molecule has 0 spiro atoms. The lowest BCUT2D eigenvalue weighted by Crippen LogP contribution is -2.01. The van der Waals surface area contributed by atoms with E-state index in [4.69, 9.17) is 4.89 Å². The van der Waals surface area contributed by atoms with Gasteiger partial charge in [0, 0.05) is 12.2 Å². The van der Waals surface area contributed by atoms with Crippen LogP contribution in [0.25, 0.3) is 0 Å². The monoisotopic (exact) mass is 190 g/mol. The summed E-state index contributed by atoms with van der Waals surface area (Å²) in [6, 6.07) is 0. The largest absolute Gasteiger partial charge is 0.465 e. The maximum atomic E-state index is 10.4. The van der Waals surface area contributed by atoms with Crippen LogP contribution in [0.5, 0.6) is 0 Å². The Morgan fingerprint density at radius 3 is 1.75 bits per heavy atom. The summed E-state index contributed by atoms with van der Waals surface area (Å²) in [6.07, 6.45) is 1.68. The van der Waals surface area contributed by atoms with E-state index in [-0.39, 0.29) is 0 Å². The van der Waals surface area contributed by atoms with Crippen molar-refractivity contribution in [3.8, 4) is 0 Å². The third-order valence-electron chi connectivity index (χ3n) is 0.669. The van der Waals surface area contributed by atoms with Gasteiger partial charge >= 0.3 is 20.5 Å². The molecule has 0 saturated carbocycles.